The smallest absolute Gasteiger partial charge is 0.0678 e. The van der Waals surface area contributed by atoms with E-state index in [-0.39, 0.29) is 5.60 Å². The van der Waals surface area contributed by atoms with Gasteiger partial charge in [0, 0.05) is 0 Å². The molecular formula is C19H38O. The van der Waals surface area contributed by atoms with Gasteiger partial charge in [-0.2, -0.15) is 0 Å². The zero-order valence-electron chi connectivity index (χ0n) is 14.3. The molecule has 2 atom stereocenters. The molecule has 0 amide bonds. The highest BCUT2D eigenvalue weighted by Crippen LogP contribution is 2.41. The molecule has 1 saturated carbocycles. The molecule has 1 heteroatoms. The summed E-state index contributed by atoms with van der Waals surface area (Å²) in [5.74, 6) is 1.18. The first-order chi connectivity index (χ1) is 9.60. The van der Waals surface area contributed by atoms with Crippen LogP contribution in [0.5, 0.6) is 0 Å². The van der Waals surface area contributed by atoms with Crippen molar-refractivity contribution in [2.24, 2.45) is 11.8 Å². The molecule has 1 fully saturated rings. The van der Waals surface area contributed by atoms with Crippen LogP contribution in [0.3, 0.4) is 0 Å². The maximum absolute atomic E-state index is 11.0. The minimum absolute atomic E-state index is 0.339. The van der Waals surface area contributed by atoms with Gasteiger partial charge < -0.3 is 5.11 Å². The van der Waals surface area contributed by atoms with Crippen LogP contribution in [0.25, 0.3) is 0 Å². The molecule has 0 heterocycles. The Balaban J connectivity index is 2.15. The Morgan fingerprint density at radius 3 is 2.15 bits per heavy atom. The number of aliphatic hydroxyl groups is 1. The van der Waals surface area contributed by atoms with Gasteiger partial charge in [0.25, 0.3) is 0 Å². The van der Waals surface area contributed by atoms with Gasteiger partial charge in [0.05, 0.1) is 5.60 Å². The Hall–Kier alpha value is -0.0400. The van der Waals surface area contributed by atoms with Gasteiger partial charge in [-0.1, -0.05) is 85.0 Å². The zero-order valence-corrected chi connectivity index (χ0v) is 14.3. The third-order valence-electron chi connectivity index (χ3n) is 5.33. The van der Waals surface area contributed by atoms with Crippen molar-refractivity contribution in [3.8, 4) is 0 Å². The van der Waals surface area contributed by atoms with Gasteiger partial charge in [-0.05, 0) is 31.1 Å². The fourth-order valence-corrected chi connectivity index (χ4v) is 4.08. The summed E-state index contributed by atoms with van der Waals surface area (Å²) in [5, 5.41) is 11.0. The monoisotopic (exact) mass is 282 g/mol. The quantitative estimate of drug-likeness (QED) is 0.480. The Morgan fingerprint density at radius 1 is 0.950 bits per heavy atom. The second kappa shape index (κ2) is 9.82. The highest BCUT2D eigenvalue weighted by atomic mass is 16.3. The molecule has 0 bridgehead atoms. The van der Waals surface area contributed by atoms with E-state index in [1.54, 1.807) is 0 Å². The standard InChI is InChI=1S/C19H38O/c1-4-5-6-7-8-9-10-12-15-19(20)16-13-11-14-18(19)17(2)3/h17-18,20H,4-16H2,1-3H3. The highest BCUT2D eigenvalue weighted by Gasteiger charge is 2.39. The van der Waals surface area contributed by atoms with E-state index in [4.69, 9.17) is 0 Å². The molecule has 0 spiro atoms. The predicted molar refractivity (Wildman–Crippen MR) is 89.0 cm³/mol. The van der Waals surface area contributed by atoms with Gasteiger partial charge in [0.2, 0.25) is 0 Å². The molecule has 20 heavy (non-hydrogen) atoms. The van der Waals surface area contributed by atoms with Gasteiger partial charge in [-0.25, -0.2) is 0 Å². The average molecular weight is 283 g/mol. The Bertz CT molecular complexity index is 236. The van der Waals surface area contributed by atoms with Crippen LogP contribution >= 0.6 is 0 Å². The normalized spacial score (nSPS) is 27.1. The van der Waals surface area contributed by atoms with Crippen LogP contribution in [0.4, 0.5) is 0 Å². The van der Waals surface area contributed by atoms with Crippen molar-refractivity contribution >= 4 is 0 Å². The van der Waals surface area contributed by atoms with Crippen LogP contribution in [0, 0.1) is 11.8 Å². The third-order valence-corrected chi connectivity index (χ3v) is 5.33. The summed E-state index contributed by atoms with van der Waals surface area (Å²) in [6.07, 6.45) is 16.8. The number of rotatable bonds is 10. The first kappa shape index (κ1) is 18.0. The molecule has 1 aliphatic carbocycles. The SMILES string of the molecule is CCCCCCCCCCC1(O)CCCCC1C(C)C. The number of unbranched alkanes of at least 4 members (excludes halogenated alkanes) is 7. The number of hydrogen-bond acceptors (Lipinski definition) is 1. The van der Waals surface area contributed by atoms with Crippen molar-refractivity contribution in [1.29, 1.82) is 0 Å². The minimum atomic E-state index is -0.339. The van der Waals surface area contributed by atoms with Crippen LogP contribution in [-0.2, 0) is 0 Å². The predicted octanol–water partition coefficient (Wildman–Crippen LogP) is 6.09. The van der Waals surface area contributed by atoms with Crippen molar-refractivity contribution in [1.82, 2.24) is 0 Å². The van der Waals surface area contributed by atoms with Gasteiger partial charge in [0.1, 0.15) is 0 Å². The molecule has 0 aromatic heterocycles. The van der Waals surface area contributed by atoms with Crippen LogP contribution in [0.1, 0.15) is 104 Å². The molecule has 0 aromatic rings. The fourth-order valence-electron chi connectivity index (χ4n) is 4.08. The van der Waals surface area contributed by atoms with Gasteiger partial charge >= 0.3 is 0 Å². The van der Waals surface area contributed by atoms with E-state index in [1.807, 2.05) is 0 Å². The molecule has 120 valence electrons. The van der Waals surface area contributed by atoms with Crippen molar-refractivity contribution < 1.29 is 5.11 Å². The zero-order chi connectivity index (χ0) is 14.8. The summed E-state index contributed by atoms with van der Waals surface area (Å²) < 4.78 is 0. The van der Waals surface area contributed by atoms with Crippen molar-refractivity contribution in [3.63, 3.8) is 0 Å². The largest absolute Gasteiger partial charge is 0.390 e. The summed E-state index contributed by atoms with van der Waals surface area (Å²) in [4.78, 5) is 0. The van der Waals surface area contributed by atoms with Gasteiger partial charge in [0.15, 0.2) is 0 Å². The lowest BCUT2D eigenvalue weighted by atomic mass is 9.68. The first-order valence-electron chi connectivity index (χ1n) is 9.32. The summed E-state index contributed by atoms with van der Waals surface area (Å²) >= 11 is 0. The van der Waals surface area contributed by atoms with Gasteiger partial charge in [-0.15, -0.1) is 0 Å². The Kier molecular flexibility index (Phi) is 8.84. The first-order valence-corrected chi connectivity index (χ1v) is 9.32. The van der Waals surface area contributed by atoms with E-state index in [1.165, 1.54) is 70.6 Å². The molecule has 1 rings (SSSR count). The maximum atomic E-state index is 11.0. The summed E-state index contributed by atoms with van der Waals surface area (Å²) in [6, 6.07) is 0. The average Bonchev–Trinajstić information content (AvgIpc) is 2.42. The van der Waals surface area contributed by atoms with E-state index in [0.29, 0.717) is 11.8 Å². The van der Waals surface area contributed by atoms with Crippen molar-refractivity contribution in [2.75, 3.05) is 0 Å². The topological polar surface area (TPSA) is 20.2 Å². The van der Waals surface area contributed by atoms with Crippen LogP contribution < -0.4 is 0 Å². The lowest BCUT2D eigenvalue weighted by molar-refractivity contribution is -0.0734. The molecule has 1 nitrogen and oxygen atoms in total. The van der Waals surface area contributed by atoms with Gasteiger partial charge in [-0.3, -0.25) is 0 Å². The van der Waals surface area contributed by atoms with Crippen molar-refractivity contribution in [2.45, 2.75) is 110 Å². The van der Waals surface area contributed by atoms with E-state index in [2.05, 4.69) is 20.8 Å². The van der Waals surface area contributed by atoms with Crippen molar-refractivity contribution in [3.05, 3.63) is 0 Å². The molecule has 0 saturated heterocycles. The lowest BCUT2D eigenvalue weighted by Gasteiger charge is -2.42. The van der Waals surface area contributed by atoms with Crippen LogP contribution in [0.2, 0.25) is 0 Å². The van der Waals surface area contributed by atoms with E-state index in [9.17, 15) is 5.11 Å². The second-order valence-electron chi connectivity index (χ2n) is 7.42. The molecule has 0 radical (unpaired) electrons. The summed E-state index contributed by atoms with van der Waals surface area (Å²) in [5.41, 5.74) is -0.339. The summed E-state index contributed by atoms with van der Waals surface area (Å²) in [6.45, 7) is 6.85. The van der Waals surface area contributed by atoms with Crippen LogP contribution in [0.15, 0.2) is 0 Å². The Morgan fingerprint density at radius 2 is 1.55 bits per heavy atom. The lowest BCUT2D eigenvalue weighted by Crippen LogP contribution is -2.43. The summed E-state index contributed by atoms with van der Waals surface area (Å²) in [7, 11) is 0. The molecule has 0 aromatic carbocycles. The molecular weight excluding hydrogens is 244 g/mol. The molecule has 0 aliphatic heterocycles. The second-order valence-corrected chi connectivity index (χ2v) is 7.42. The Labute approximate surface area is 127 Å². The number of hydrogen-bond donors (Lipinski definition) is 1. The molecule has 1 N–H and O–H groups in total. The van der Waals surface area contributed by atoms with E-state index in [0.717, 1.165) is 12.8 Å². The minimum Gasteiger partial charge on any atom is -0.390 e. The highest BCUT2D eigenvalue weighted by molar-refractivity contribution is 4.91. The van der Waals surface area contributed by atoms with Crippen LogP contribution in [-0.4, -0.2) is 10.7 Å². The molecule has 1 aliphatic rings. The molecule has 2 unspecified atom stereocenters. The van der Waals surface area contributed by atoms with E-state index < -0.39 is 0 Å². The third kappa shape index (κ3) is 6.16. The fraction of sp³-hybridized carbons (Fsp3) is 1.00. The maximum Gasteiger partial charge on any atom is 0.0678 e. The van der Waals surface area contributed by atoms with E-state index >= 15 is 0 Å².